The van der Waals surface area contributed by atoms with Gasteiger partial charge in [0.2, 0.25) is 5.95 Å². The first-order valence-corrected chi connectivity index (χ1v) is 13.4. The molecule has 4 aromatic rings. The molecule has 1 saturated heterocycles. The van der Waals surface area contributed by atoms with E-state index in [1.165, 1.54) is 0 Å². The van der Waals surface area contributed by atoms with Crippen molar-refractivity contribution in [1.29, 1.82) is 5.26 Å². The number of nitrogens with zero attached hydrogens (tertiary/aromatic N) is 6. The molecule has 0 unspecified atom stereocenters. The Morgan fingerprint density at radius 1 is 1.28 bits per heavy atom. The van der Waals surface area contributed by atoms with Crippen molar-refractivity contribution in [2.24, 2.45) is 0 Å². The summed E-state index contributed by atoms with van der Waals surface area (Å²) in [5, 5.41) is 20.8. The standard InChI is InChI=1S/C27H27F2N7O2S/c1-27(2,37)12-35(3)13-4-5-36(9-13)26-33-7-15-16-10-38-11-17(16)19(21(29)22(15)34-26)23-20-14(6-30)25(31)39-24(20)18(28)8-32-23/h7-8,13,37H,4-5,9-12,31H2,1-3H3/t13-/m0/s1. The van der Waals surface area contributed by atoms with Crippen LogP contribution in [0.25, 0.3) is 32.2 Å². The normalized spacial score (nSPS) is 17.5. The van der Waals surface area contributed by atoms with Crippen LogP contribution in [0, 0.1) is 23.0 Å². The molecular formula is C27H27F2N7O2S. The molecule has 202 valence electrons. The van der Waals surface area contributed by atoms with E-state index in [1.54, 1.807) is 20.0 Å². The van der Waals surface area contributed by atoms with E-state index in [2.05, 4.69) is 19.9 Å². The van der Waals surface area contributed by atoms with Crippen molar-refractivity contribution < 1.29 is 18.6 Å². The lowest BCUT2D eigenvalue weighted by Gasteiger charge is -2.30. The lowest BCUT2D eigenvalue weighted by atomic mass is 9.94. The molecule has 0 saturated carbocycles. The Kier molecular flexibility index (Phi) is 6.15. The van der Waals surface area contributed by atoms with Crippen LogP contribution in [0.15, 0.2) is 12.4 Å². The molecule has 9 nitrogen and oxygen atoms in total. The zero-order chi connectivity index (χ0) is 27.6. The summed E-state index contributed by atoms with van der Waals surface area (Å²) >= 11 is 0.941. The first kappa shape index (κ1) is 25.8. The van der Waals surface area contributed by atoms with Crippen LogP contribution in [0.5, 0.6) is 0 Å². The molecule has 0 spiro atoms. The smallest absolute Gasteiger partial charge is 0.226 e. The highest BCUT2D eigenvalue weighted by Gasteiger charge is 2.32. The van der Waals surface area contributed by atoms with Crippen molar-refractivity contribution in [3.8, 4) is 17.3 Å². The van der Waals surface area contributed by atoms with E-state index >= 15 is 4.39 Å². The summed E-state index contributed by atoms with van der Waals surface area (Å²) in [6.45, 7) is 5.79. The van der Waals surface area contributed by atoms with E-state index in [0.717, 1.165) is 29.5 Å². The molecule has 3 N–H and O–H groups in total. The number of nitrogen functional groups attached to an aromatic ring is 1. The van der Waals surface area contributed by atoms with Crippen LogP contribution in [0.1, 0.15) is 37.0 Å². The van der Waals surface area contributed by atoms with Gasteiger partial charge < -0.3 is 20.5 Å². The summed E-state index contributed by atoms with van der Waals surface area (Å²) in [4.78, 5) is 17.6. The van der Waals surface area contributed by atoms with E-state index < -0.39 is 17.2 Å². The van der Waals surface area contributed by atoms with Gasteiger partial charge in [-0.3, -0.25) is 9.88 Å². The molecule has 0 bridgehead atoms. The fraction of sp³-hybridized carbons (Fsp3) is 0.407. The summed E-state index contributed by atoms with van der Waals surface area (Å²) in [5.41, 5.74) is 7.01. The fourth-order valence-electron chi connectivity index (χ4n) is 5.71. The highest BCUT2D eigenvalue weighted by Crippen LogP contribution is 2.45. The highest BCUT2D eigenvalue weighted by molar-refractivity contribution is 7.23. The second-order valence-corrected chi connectivity index (χ2v) is 11.9. The molecule has 1 fully saturated rings. The summed E-state index contributed by atoms with van der Waals surface area (Å²) in [7, 11) is 1.98. The zero-order valence-corrected chi connectivity index (χ0v) is 22.6. The summed E-state index contributed by atoms with van der Waals surface area (Å²) < 4.78 is 37.0. The molecule has 1 atom stereocenters. The fourth-order valence-corrected chi connectivity index (χ4v) is 6.63. The average Bonchev–Trinajstić information content (AvgIpc) is 3.63. The number of likely N-dealkylation sites (N-methyl/N-ethyl adjacent to an activating group) is 1. The topological polar surface area (TPSA) is 124 Å². The minimum absolute atomic E-state index is 0.0748. The molecule has 39 heavy (non-hydrogen) atoms. The number of rotatable bonds is 5. The molecule has 3 aromatic heterocycles. The third-order valence-electron chi connectivity index (χ3n) is 7.44. The van der Waals surface area contributed by atoms with Crippen LogP contribution in [0.4, 0.5) is 19.7 Å². The van der Waals surface area contributed by atoms with Gasteiger partial charge in [-0.1, -0.05) is 0 Å². The largest absolute Gasteiger partial charge is 0.389 e. The highest BCUT2D eigenvalue weighted by atomic mass is 32.1. The quantitative estimate of drug-likeness (QED) is 0.379. The number of ether oxygens (including phenoxy) is 1. The molecular weight excluding hydrogens is 524 g/mol. The Labute approximate surface area is 227 Å². The van der Waals surface area contributed by atoms with Crippen molar-refractivity contribution in [2.75, 3.05) is 37.3 Å². The minimum Gasteiger partial charge on any atom is -0.389 e. The molecule has 0 amide bonds. The number of thiophene rings is 1. The number of anilines is 2. The first-order chi connectivity index (χ1) is 18.6. The number of benzene rings is 1. The van der Waals surface area contributed by atoms with Gasteiger partial charge in [-0.2, -0.15) is 5.26 Å². The summed E-state index contributed by atoms with van der Waals surface area (Å²) in [6.07, 6.45) is 3.51. The maximum atomic E-state index is 16.5. The van der Waals surface area contributed by atoms with Crippen LogP contribution in [0.3, 0.4) is 0 Å². The number of nitrogens with two attached hydrogens (primary N) is 1. The minimum atomic E-state index is -0.818. The Balaban J connectivity index is 1.48. The molecule has 1 aromatic carbocycles. The SMILES string of the molecule is CN(CC(C)(C)O)[C@H]1CCN(c2ncc3c4c(c(-c5ncc(F)c6sc(N)c(C#N)c56)c(F)c3n2)COC4)C1. The molecule has 5 heterocycles. The molecule has 12 heteroatoms. The summed E-state index contributed by atoms with van der Waals surface area (Å²) in [6, 6.07) is 2.22. The molecule has 6 rings (SSSR count). The van der Waals surface area contributed by atoms with Gasteiger partial charge in [-0.15, -0.1) is 11.3 Å². The lowest BCUT2D eigenvalue weighted by molar-refractivity contribution is 0.0340. The Hall–Kier alpha value is -3.50. The molecule has 0 aliphatic carbocycles. The van der Waals surface area contributed by atoms with Crippen LogP contribution in [0.2, 0.25) is 0 Å². The van der Waals surface area contributed by atoms with Gasteiger partial charge in [0.1, 0.15) is 16.6 Å². The van der Waals surface area contributed by atoms with E-state index in [0.29, 0.717) is 36.5 Å². The maximum Gasteiger partial charge on any atom is 0.226 e. The second-order valence-electron chi connectivity index (χ2n) is 10.8. The van der Waals surface area contributed by atoms with Crippen molar-refractivity contribution in [3.05, 3.63) is 40.7 Å². The number of nitriles is 1. The van der Waals surface area contributed by atoms with Crippen LogP contribution in [-0.2, 0) is 18.0 Å². The number of aliphatic hydroxyl groups is 1. The molecule has 2 aliphatic rings. The first-order valence-electron chi connectivity index (χ1n) is 12.6. The molecule has 0 radical (unpaired) electrons. The van der Waals surface area contributed by atoms with Crippen molar-refractivity contribution in [2.45, 2.75) is 45.1 Å². The van der Waals surface area contributed by atoms with Crippen LogP contribution >= 0.6 is 11.3 Å². The predicted molar refractivity (Wildman–Crippen MR) is 145 cm³/mol. The van der Waals surface area contributed by atoms with Crippen molar-refractivity contribution >= 4 is 43.3 Å². The number of aromatic nitrogens is 3. The van der Waals surface area contributed by atoms with Gasteiger partial charge >= 0.3 is 0 Å². The van der Waals surface area contributed by atoms with Crippen molar-refractivity contribution in [3.63, 3.8) is 0 Å². The molecule has 2 aliphatic heterocycles. The third-order valence-corrected chi connectivity index (χ3v) is 8.47. The maximum absolute atomic E-state index is 16.5. The van der Waals surface area contributed by atoms with Gasteiger partial charge in [-0.05, 0) is 38.4 Å². The van der Waals surface area contributed by atoms with Gasteiger partial charge in [0.25, 0.3) is 0 Å². The number of fused-ring (bicyclic) bond motifs is 4. The van der Waals surface area contributed by atoms with Gasteiger partial charge in [0, 0.05) is 48.2 Å². The third kappa shape index (κ3) is 4.26. The summed E-state index contributed by atoms with van der Waals surface area (Å²) in [5.74, 6) is -0.842. The van der Waals surface area contributed by atoms with E-state index in [-0.39, 0.29) is 56.7 Å². The Bertz CT molecular complexity index is 1680. The Morgan fingerprint density at radius 3 is 2.79 bits per heavy atom. The number of hydrogen-bond donors (Lipinski definition) is 2. The second kappa shape index (κ2) is 9.31. The van der Waals surface area contributed by atoms with Gasteiger partial charge in [0.15, 0.2) is 11.6 Å². The van der Waals surface area contributed by atoms with Gasteiger partial charge in [0.05, 0.1) is 41.0 Å². The average molecular weight is 552 g/mol. The predicted octanol–water partition coefficient (Wildman–Crippen LogP) is 3.95. The Morgan fingerprint density at radius 2 is 2.05 bits per heavy atom. The van der Waals surface area contributed by atoms with E-state index in [4.69, 9.17) is 10.5 Å². The van der Waals surface area contributed by atoms with Crippen molar-refractivity contribution in [1.82, 2.24) is 19.9 Å². The lowest BCUT2D eigenvalue weighted by Crippen LogP contribution is -2.43. The number of hydrogen-bond acceptors (Lipinski definition) is 10. The zero-order valence-electron chi connectivity index (χ0n) is 21.8. The van der Waals surface area contributed by atoms with E-state index in [9.17, 15) is 14.8 Å². The van der Waals surface area contributed by atoms with Crippen LogP contribution < -0.4 is 10.6 Å². The monoisotopic (exact) mass is 551 g/mol. The number of pyridine rings is 1. The van der Waals surface area contributed by atoms with Crippen LogP contribution in [-0.4, -0.2) is 63.3 Å². The van der Waals surface area contributed by atoms with E-state index in [1.807, 2.05) is 18.0 Å². The number of halogens is 2. The van der Waals surface area contributed by atoms with Gasteiger partial charge in [-0.25, -0.2) is 18.7 Å².